The first-order valence-electron chi connectivity index (χ1n) is 6.38. The van der Waals surface area contributed by atoms with Crippen molar-refractivity contribution in [2.75, 3.05) is 25.4 Å². The minimum Gasteiger partial charge on any atom is -0.396 e. The van der Waals surface area contributed by atoms with Crippen molar-refractivity contribution in [3.05, 3.63) is 18.3 Å². The molecule has 0 unspecified atom stereocenters. The highest BCUT2D eigenvalue weighted by molar-refractivity contribution is 7.89. The highest BCUT2D eigenvalue weighted by Crippen LogP contribution is 2.23. The molecule has 2 rings (SSSR count). The minimum atomic E-state index is -3.59. The number of sulfonamides is 1. The molecule has 1 aliphatic rings. The third-order valence-electron chi connectivity index (χ3n) is 3.19. The van der Waals surface area contributed by atoms with Crippen LogP contribution >= 0.6 is 0 Å². The molecule has 1 aromatic heterocycles. The molecule has 106 valence electrons. The second-order valence-corrected chi connectivity index (χ2v) is 6.31. The topological polar surface area (TPSA) is 85.5 Å². The number of rotatable bonds is 4. The normalized spacial score (nSPS) is 18.6. The number of piperidine rings is 1. The SMILES string of the molecule is CCOC1CCN(S(=O)(=O)c2ncccc2N)CC1. The van der Waals surface area contributed by atoms with E-state index in [1.807, 2.05) is 6.92 Å². The second-order valence-electron chi connectivity index (χ2n) is 4.46. The van der Waals surface area contributed by atoms with Crippen LogP contribution in [-0.4, -0.2) is 43.5 Å². The molecule has 6 nitrogen and oxygen atoms in total. The zero-order chi connectivity index (χ0) is 13.9. The number of nitrogen functional groups attached to an aromatic ring is 1. The van der Waals surface area contributed by atoms with Crippen molar-refractivity contribution in [3.63, 3.8) is 0 Å². The van der Waals surface area contributed by atoms with Gasteiger partial charge < -0.3 is 10.5 Å². The zero-order valence-electron chi connectivity index (χ0n) is 10.9. The molecule has 0 spiro atoms. The quantitative estimate of drug-likeness (QED) is 0.886. The Bertz CT molecular complexity index is 525. The highest BCUT2D eigenvalue weighted by atomic mass is 32.2. The van der Waals surface area contributed by atoms with Gasteiger partial charge in [-0.15, -0.1) is 0 Å². The van der Waals surface area contributed by atoms with Gasteiger partial charge in [-0.1, -0.05) is 0 Å². The number of nitrogens with zero attached hydrogens (tertiary/aromatic N) is 2. The van der Waals surface area contributed by atoms with Crippen LogP contribution in [0.4, 0.5) is 5.69 Å². The smallest absolute Gasteiger partial charge is 0.262 e. The van der Waals surface area contributed by atoms with E-state index < -0.39 is 10.0 Å². The molecule has 2 heterocycles. The van der Waals surface area contributed by atoms with Gasteiger partial charge in [0.25, 0.3) is 10.0 Å². The lowest BCUT2D eigenvalue weighted by Gasteiger charge is -2.30. The number of hydrogen-bond acceptors (Lipinski definition) is 5. The third-order valence-corrected chi connectivity index (χ3v) is 5.06. The summed E-state index contributed by atoms with van der Waals surface area (Å²) in [6.07, 6.45) is 3.01. The van der Waals surface area contributed by atoms with Crippen LogP contribution in [0, 0.1) is 0 Å². The average Bonchev–Trinajstić information content (AvgIpc) is 2.40. The first kappa shape index (κ1) is 14.2. The van der Waals surface area contributed by atoms with Gasteiger partial charge in [0.1, 0.15) is 0 Å². The highest BCUT2D eigenvalue weighted by Gasteiger charge is 2.31. The van der Waals surface area contributed by atoms with E-state index in [0.29, 0.717) is 32.5 Å². The van der Waals surface area contributed by atoms with Crippen LogP contribution in [0.15, 0.2) is 23.4 Å². The Morgan fingerprint density at radius 3 is 2.74 bits per heavy atom. The number of aromatic nitrogens is 1. The standard InChI is InChI=1S/C12H19N3O3S/c1-2-18-10-5-8-15(9-6-10)19(16,17)12-11(13)4-3-7-14-12/h3-4,7,10H,2,5-6,8-9,13H2,1H3. The first-order valence-corrected chi connectivity index (χ1v) is 7.82. The Kier molecular flexibility index (Phi) is 4.38. The van der Waals surface area contributed by atoms with Crippen molar-refractivity contribution in [2.45, 2.75) is 30.9 Å². The molecule has 0 aromatic carbocycles. The molecule has 0 radical (unpaired) electrons. The lowest BCUT2D eigenvalue weighted by Crippen LogP contribution is -2.41. The maximum atomic E-state index is 12.4. The van der Waals surface area contributed by atoms with Crippen LogP contribution < -0.4 is 5.73 Å². The van der Waals surface area contributed by atoms with Crippen LogP contribution in [-0.2, 0) is 14.8 Å². The predicted molar refractivity (Wildman–Crippen MR) is 72.1 cm³/mol. The van der Waals surface area contributed by atoms with E-state index in [2.05, 4.69) is 4.98 Å². The molecule has 1 saturated heterocycles. The van der Waals surface area contributed by atoms with E-state index in [1.54, 1.807) is 12.1 Å². The lowest BCUT2D eigenvalue weighted by atomic mass is 10.1. The Balaban J connectivity index is 2.12. The lowest BCUT2D eigenvalue weighted by molar-refractivity contribution is 0.0290. The van der Waals surface area contributed by atoms with E-state index in [4.69, 9.17) is 10.5 Å². The fourth-order valence-electron chi connectivity index (χ4n) is 2.22. The molecule has 0 saturated carbocycles. The van der Waals surface area contributed by atoms with E-state index in [9.17, 15) is 8.42 Å². The van der Waals surface area contributed by atoms with Gasteiger partial charge in [0.05, 0.1) is 11.8 Å². The van der Waals surface area contributed by atoms with E-state index in [-0.39, 0.29) is 16.8 Å². The van der Waals surface area contributed by atoms with Gasteiger partial charge in [0.2, 0.25) is 0 Å². The monoisotopic (exact) mass is 285 g/mol. The van der Waals surface area contributed by atoms with Crippen LogP contribution in [0.2, 0.25) is 0 Å². The van der Waals surface area contributed by atoms with Crippen molar-refractivity contribution in [3.8, 4) is 0 Å². The molecule has 0 atom stereocenters. The summed E-state index contributed by atoms with van der Waals surface area (Å²) in [7, 11) is -3.59. The van der Waals surface area contributed by atoms with Crippen molar-refractivity contribution >= 4 is 15.7 Å². The summed E-state index contributed by atoms with van der Waals surface area (Å²) in [6.45, 7) is 3.49. The number of pyridine rings is 1. The third kappa shape index (κ3) is 3.05. The summed E-state index contributed by atoms with van der Waals surface area (Å²) in [5, 5.41) is -0.0511. The molecule has 1 aromatic rings. The fraction of sp³-hybridized carbons (Fsp3) is 0.583. The molecule has 7 heteroatoms. The summed E-state index contributed by atoms with van der Waals surface area (Å²) in [6, 6.07) is 3.17. The fourth-order valence-corrected chi connectivity index (χ4v) is 3.71. The molecule has 0 aliphatic carbocycles. The van der Waals surface area contributed by atoms with Crippen LogP contribution in [0.5, 0.6) is 0 Å². The molecule has 0 bridgehead atoms. The van der Waals surface area contributed by atoms with Gasteiger partial charge in [-0.05, 0) is 31.9 Å². The van der Waals surface area contributed by atoms with Crippen LogP contribution in [0.1, 0.15) is 19.8 Å². The Hall–Kier alpha value is -1.18. The predicted octanol–water partition coefficient (Wildman–Crippen LogP) is 0.853. The van der Waals surface area contributed by atoms with Gasteiger partial charge in [0, 0.05) is 25.9 Å². The van der Waals surface area contributed by atoms with Gasteiger partial charge in [-0.3, -0.25) is 0 Å². The van der Waals surface area contributed by atoms with Gasteiger partial charge in [-0.25, -0.2) is 13.4 Å². The number of ether oxygens (including phenoxy) is 1. The summed E-state index contributed by atoms with van der Waals surface area (Å²) < 4.78 is 31.8. The Morgan fingerprint density at radius 1 is 1.47 bits per heavy atom. The largest absolute Gasteiger partial charge is 0.396 e. The van der Waals surface area contributed by atoms with Crippen molar-refractivity contribution < 1.29 is 13.2 Å². The summed E-state index contributed by atoms with van der Waals surface area (Å²) >= 11 is 0. The van der Waals surface area contributed by atoms with Gasteiger partial charge >= 0.3 is 0 Å². The Morgan fingerprint density at radius 2 is 2.16 bits per heavy atom. The molecule has 2 N–H and O–H groups in total. The zero-order valence-corrected chi connectivity index (χ0v) is 11.8. The van der Waals surface area contributed by atoms with Crippen molar-refractivity contribution in [1.82, 2.24) is 9.29 Å². The molecule has 1 aliphatic heterocycles. The van der Waals surface area contributed by atoms with E-state index in [1.165, 1.54) is 10.5 Å². The van der Waals surface area contributed by atoms with Crippen LogP contribution in [0.25, 0.3) is 0 Å². The maximum absolute atomic E-state index is 12.4. The molecule has 0 amide bonds. The van der Waals surface area contributed by atoms with Gasteiger partial charge in [0.15, 0.2) is 5.03 Å². The van der Waals surface area contributed by atoms with Gasteiger partial charge in [-0.2, -0.15) is 4.31 Å². The summed E-state index contributed by atoms with van der Waals surface area (Å²) in [5.74, 6) is 0. The second kappa shape index (κ2) is 5.85. The summed E-state index contributed by atoms with van der Waals surface area (Å²) in [4.78, 5) is 3.89. The Labute approximate surface area is 113 Å². The summed E-state index contributed by atoms with van der Waals surface area (Å²) in [5.41, 5.74) is 5.88. The number of anilines is 1. The molecule has 1 fully saturated rings. The number of hydrogen-bond donors (Lipinski definition) is 1. The maximum Gasteiger partial charge on any atom is 0.262 e. The molecule has 19 heavy (non-hydrogen) atoms. The van der Waals surface area contributed by atoms with Crippen LogP contribution in [0.3, 0.4) is 0 Å². The minimum absolute atomic E-state index is 0.0511. The van der Waals surface area contributed by atoms with Crippen molar-refractivity contribution in [2.24, 2.45) is 0 Å². The van der Waals surface area contributed by atoms with E-state index in [0.717, 1.165) is 0 Å². The first-order chi connectivity index (χ1) is 9.05. The average molecular weight is 285 g/mol. The van der Waals surface area contributed by atoms with E-state index >= 15 is 0 Å². The molecular formula is C12H19N3O3S. The molecular weight excluding hydrogens is 266 g/mol. The van der Waals surface area contributed by atoms with Crippen molar-refractivity contribution in [1.29, 1.82) is 0 Å². The number of nitrogens with two attached hydrogens (primary N) is 1.